The Morgan fingerprint density at radius 2 is 1.65 bits per heavy atom. The summed E-state index contributed by atoms with van der Waals surface area (Å²) in [6.45, 7) is 8.09. The van der Waals surface area contributed by atoms with Crippen LogP contribution in [0.15, 0.2) is 24.3 Å². The number of nitrogens with zero attached hydrogens (tertiary/aromatic N) is 1. The average Bonchev–Trinajstić information content (AvgIpc) is 2.35. The number of likely N-dealkylation sites (N-methyl/N-ethyl adjacent to an activating group) is 1. The molecule has 0 radical (unpaired) electrons. The van der Waals surface area contributed by atoms with Gasteiger partial charge in [0.2, 0.25) is 0 Å². The lowest BCUT2D eigenvalue weighted by Gasteiger charge is -2.18. The molecule has 0 aromatic heterocycles. The Morgan fingerprint density at radius 1 is 1.06 bits per heavy atom. The van der Waals surface area contributed by atoms with Gasteiger partial charge in [-0.05, 0) is 25.2 Å². The molecule has 0 atom stereocenters. The van der Waals surface area contributed by atoms with E-state index in [2.05, 4.69) is 18.7 Å². The van der Waals surface area contributed by atoms with Gasteiger partial charge in [-0.2, -0.15) is 0 Å². The zero-order valence-corrected chi connectivity index (χ0v) is 11.6. The van der Waals surface area contributed by atoms with E-state index in [0.29, 0.717) is 6.61 Å². The lowest BCUT2D eigenvalue weighted by Crippen LogP contribution is -2.27. The van der Waals surface area contributed by atoms with Crippen molar-refractivity contribution in [2.24, 2.45) is 0 Å². The third kappa shape index (κ3) is 5.29. The second-order valence-electron chi connectivity index (χ2n) is 3.53. The summed E-state index contributed by atoms with van der Waals surface area (Å²) < 4.78 is 10.9. The summed E-state index contributed by atoms with van der Waals surface area (Å²) in [6, 6.07) is 7.74. The van der Waals surface area contributed by atoms with Crippen LogP contribution >= 0.6 is 12.4 Å². The highest BCUT2D eigenvalue weighted by atomic mass is 35.5. The van der Waals surface area contributed by atoms with E-state index in [0.717, 1.165) is 31.1 Å². The Balaban J connectivity index is 0.00000256. The van der Waals surface area contributed by atoms with Gasteiger partial charge in [-0.3, -0.25) is 0 Å². The van der Waals surface area contributed by atoms with Crippen LogP contribution in [0.25, 0.3) is 0 Å². The van der Waals surface area contributed by atoms with E-state index in [1.807, 2.05) is 24.3 Å². The van der Waals surface area contributed by atoms with E-state index in [4.69, 9.17) is 9.47 Å². The summed E-state index contributed by atoms with van der Waals surface area (Å²) in [5, 5.41) is 0. The molecule has 1 aromatic rings. The first-order chi connectivity index (χ1) is 7.81. The second kappa shape index (κ2) is 9.14. The molecule has 1 rings (SSSR count). The number of benzene rings is 1. The minimum absolute atomic E-state index is 0. The van der Waals surface area contributed by atoms with Crippen LogP contribution in [-0.4, -0.2) is 38.3 Å². The van der Waals surface area contributed by atoms with Gasteiger partial charge in [-0.15, -0.1) is 12.4 Å². The van der Waals surface area contributed by atoms with Crippen molar-refractivity contribution in [3.05, 3.63) is 24.3 Å². The fourth-order valence-corrected chi connectivity index (χ4v) is 1.56. The van der Waals surface area contributed by atoms with Crippen molar-refractivity contribution in [2.75, 3.05) is 33.4 Å². The molecule has 0 saturated carbocycles. The van der Waals surface area contributed by atoms with E-state index in [1.54, 1.807) is 7.11 Å². The van der Waals surface area contributed by atoms with Gasteiger partial charge in [-0.25, -0.2) is 0 Å². The van der Waals surface area contributed by atoms with Crippen LogP contribution in [0.4, 0.5) is 0 Å². The zero-order chi connectivity index (χ0) is 11.8. The predicted molar refractivity (Wildman–Crippen MR) is 73.5 cm³/mol. The lowest BCUT2D eigenvalue weighted by molar-refractivity contribution is 0.217. The Bertz CT molecular complexity index is 303. The number of para-hydroxylation sites is 2. The van der Waals surface area contributed by atoms with E-state index in [9.17, 15) is 0 Å². The van der Waals surface area contributed by atoms with E-state index < -0.39 is 0 Å². The first-order valence-corrected chi connectivity index (χ1v) is 5.80. The summed E-state index contributed by atoms with van der Waals surface area (Å²) in [6.07, 6.45) is 0. The summed E-state index contributed by atoms with van der Waals surface area (Å²) >= 11 is 0. The van der Waals surface area contributed by atoms with Crippen molar-refractivity contribution in [1.82, 2.24) is 4.90 Å². The topological polar surface area (TPSA) is 21.7 Å². The van der Waals surface area contributed by atoms with Gasteiger partial charge >= 0.3 is 0 Å². The van der Waals surface area contributed by atoms with Crippen LogP contribution in [0, 0.1) is 0 Å². The minimum atomic E-state index is 0. The van der Waals surface area contributed by atoms with Crippen LogP contribution in [0.3, 0.4) is 0 Å². The standard InChI is InChI=1S/C13H21NO2.ClH/c1-4-14(5-2)10-11-16-13-9-7-6-8-12(13)15-3;/h6-9H,4-5,10-11H2,1-3H3;1H. The van der Waals surface area contributed by atoms with E-state index >= 15 is 0 Å². The number of methoxy groups -OCH3 is 1. The summed E-state index contributed by atoms with van der Waals surface area (Å²) in [5.74, 6) is 1.61. The molecule has 0 fully saturated rings. The SMILES string of the molecule is CCN(CC)CCOc1ccccc1OC.Cl. The maximum atomic E-state index is 5.70. The Labute approximate surface area is 110 Å². The van der Waals surface area contributed by atoms with Gasteiger partial charge in [0.05, 0.1) is 7.11 Å². The number of hydrogen-bond donors (Lipinski definition) is 0. The van der Waals surface area contributed by atoms with Gasteiger partial charge in [0.1, 0.15) is 6.61 Å². The molecule has 0 amide bonds. The molecule has 0 aliphatic rings. The molecule has 0 N–H and O–H groups in total. The molecule has 0 aliphatic heterocycles. The molecule has 0 saturated heterocycles. The number of hydrogen-bond acceptors (Lipinski definition) is 3. The predicted octanol–water partition coefficient (Wildman–Crippen LogP) is 2.84. The van der Waals surface area contributed by atoms with Crippen molar-refractivity contribution >= 4 is 12.4 Å². The number of halogens is 1. The van der Waals surface area contributed by atoms with Gasteiger partial charge in [-0.1, -0.05) is 26.0 Å². The van der Waals surface area contributed by atoms with Crippen LogP contribution in [0.2, 0.25) is 0 Å². The molecule has 0 bridgehead atoms. The normalized spacial score (nSPS) is 9.88. The van der Waals surface area contributed by atoms with Crippen molar-refractivity contribution in [3.8, 4) is 11.5 Å². The van der Waals surface area contributed by atoms with Gasteiger partial charge in [0.25, 0.3) is 0 Å². The van der Waals surface area contributed by atoms with Gasteiger partial charge < -0.3 is 14.4 Å². The third-order valence-corrected chi connectivity index (χ3v) is 2.63. The van der Waals surface area contributed by atoms with Crippen molar-refractivity contribution in [1.29, 1.82) is 0 Å². The van der Waals surface area contributed by atoms with Crippen LogP contribution < -0.4 is 9.47 Å². The molecule has 3 nitrogen and oxygen atoms in total. The molecular weight excluding hydrogens is 238 g/mol. The minimum Gasteiger partial charge on any atom is -0.493 e. The fourth-order valence-electron chi connectivity index (χ4n) is 1.56. The van der Waals surface area contributed by atoms with Gasteiger partial charge in [0.15, 0.2) is 11.5 Å². The van der Waals surface area contributed by atoms with Crippen molar-refractivity contribution < 1.29 is 9.47 Å². The van der Waals surface area contributed by atoms with Gasteiger partial charge in [0, 0.05) is 6.54 Å². The lowest BCUT2D eigenvalue weighted by atomic mass is 10.3. The zero-order valence-electron chi connectivity index (χ0n) is 10.8. The molecule has 17 heavy (non-hydrogen) atoms. The Morgan fingerprint density at radius 3 is 2.18 bits per heavy atom. The van der Waals surface area contributed by atoms with Crippen LogP contribution in [0.5, 0.6) is 11.5 Å². The molecule has 0 aliphatic carbocycles. The van der Waals surface area contributed by atoms with Crippen molar-refractivity contribution in [2.45, 2.75) is 13.8 Å². The highest BCUT2D eigenvalue weighted by Gasteiger charge is 2.03. The molecule has 1 aromatic carbocycles. The molecular formula is C13H22ClNO2. The maximum absolute atomic E-state index is 5.70. The quantitative estimate of drug-likeness (QED) is 0.752. The second-order valence-corrected chi connectivity index (χ2v) is 3.53. The molecule has 0 spiro atoms. The number of rotatable bonds is 7. The summed E-state index contributed by atoms with van der Waals surface area (Å²) in [7, 11) is 1.66. The average molecular weight is 260 g/mol. The molecule has 98 valence electrons. The summed E-state index contributed by atoms with van der Waals surface area (Å²) in [4.78, 5) is 2.33. The molecule has 0 heterocycles. The van der Waals surface area contributed by atoms with Crippen molar-refractivity contribution in [3.63, 3.8) is 0 Å². The first-order valence-electron chi connectivity index (χ1n) is 5.80. The third-order valence-electron chi connectivity index (χ3n) is 2.63. The fraction of sp³-hybridized carbons (Fsp3) is 0.538. The molecule has 0 unspecified atom stereocenters. The summed E-state index contributed by atoms with van der Waals surface area (Å²) in [5.41, 5.74) is 0. The monoisotopic (exact) mass is 259 g/mol. The Hall–Kier alpha value is -0.930. The highest BCUT2D eigenvalue weighted by Crippen LogP contribution is 2.25. The smallest absolute Gasteiger partial charge is 0.161 e. The first kappa shape index (κ1) is 16.1. The number of ether oxygens (including phenoxy) is 2. The van der Waals surface area contributed by atoms with E-state index in [1.165, 1.54) is 0 Å². The van der Waals surface area contributed by atoms with E-state index in [-0.39, 0.29) is 12.4 Å². The molecule has 4 heteroatoms. The largest absolute Gasteiger partial charge is 0.493 e. The Kier molecular flexibility index (Phi) is 8.64. The highest BCUT2D eigenvalue weighted by molar-refractivity contribution is 5.85. The van der Waals surface area contributed by atoms with Crippen LogP contribution in [0.1, 0.15) is 13.8 Å². The van der Waals surface area contributed by atoms with Crippen LogP contribution in [-0.2, 0) is 0 Å². The maximum Gasteiger partial charge on any atom is 0.161 e.